The van der Waals surface area contributed by atoms with Crippen LogP contribution in [0.5, 0.6) is 0 Å². The Morgan fingerprint density at radius 2 is 1.65 bits per heavy atom. The van der Waals surface area contributed by atoms with E-state index in [1.807, 2.05) is 32.0 Å². The molecule has 7 heteroatoms. The Morgan fingerprint density at radius 1 is 1.00 bits per heavy atom. The van der Waals surface area contributed by atoms with Gasteiger partial charge in [-0.2, -0.15) is 4.31 Å². The molecule has 31 heavy (non-hydrogen) atoms. The van der Waals surface area contributed by atoms with E-state index in [-0.39, 0.29) is 22.9 Å². The second-order valence-corrected chi connectivity index (χ2v) is 9.92. The molecule has 0 saturated heterocycles. The third-order valence-electron chi connectivity index (χ3n) is 5.64. The van der Waals surface area contributed by atoms with E-state index in [9.17, 15) is 13.2 Å². The van der Waals surface area contributed by atoms with E-state index in [2.05, 4.69) is 36.2 Å². The summed E-state index contributed by atoms with van der Waals surface area (Å²) >= 11 is 0. The fraction of sp³-hybridized carbons (Fsp3) is 0.458. The predicted octanol–water partition coefficient (Wildman–Crippen LogP) is 3.40. The first-order chi connectivity index (χ1) is 14.7. The lowest BCUT2D eigenvalue weighted by atomic mass is 10.0. The summed E-state index contributed by atoms with van der Waals surface area (Å²) < 4.78 is 26.9. The fourth-order valence-electron chi connectivity index (χ4n) is 3.51. The van der Waals surface area contributed by atoms with Crippen molar-refractivity contribution >= 4 is 15.9 Å². The molecule has 0 saturated carbocycles. The van der Waals surface area contributed by atoms with Crippen LogP contribution in [0.15, 0.2) is 59.5 Å². The maximum absolute atomic E-state index is 12.8. The number of benzene rings is 2. The molecule has 2 aromatic carbocycles. The number of nitrogens with zero attached hydrogens (tertiary/aromatic N) is 2. The van der Waals surface area contributed by atoms with Crippen LogP contribution >= 0.6 is 0 Å². The average molecular weight is 446 g/mol. The van der Waals surface area contributed by atoms with E-state index in [1.54, 1.807) is 19.2 Å². The molecule has 1 atom stereocenters. The third kappa shape index (κ3) is 6.63. The summed E-state index contributed by atoms with van der Waals surface area (Å²) in [5, 5.41) is 3.01. The molecule has 2 rings (SSSR count). The normalized spacial score (nSPS) is 13.0. The molecule has 0 heterocycles. The van der Waals surface area contributed by atoms with Crippen molar-refractivity contribution < 1.29 is 13.2 Å². The van der Waals surface area contributed by atoms with Crippen LogP contribution in [0.25, 0.3) is 0 Å². The minimum Gasteiger partial charge on any atom is -0.350 e. The molecule has 0 aliphatic heterocycles. The SMILES string of the molecule is CCN(CC)C(CNC(=O)c1cccc(S(=O)(=O)N(C)C(C)C)c1)Cc1ccccc1. The Kier molecular flexibility index (Phi) is 9.22. The van der Waals surface area contributed by atoms with Crippen LogP contribution in [0.4, 0.5) is 0 Å². The number of carbonyl (C=O) groups is 1. The van der Waals surface area contributed by atoms with Gasteiger partial charge in [0.25, 0.3) is 5.91 Å². The Hall–Kier alpha value is -2.22. The van der Waals surface area contributed by atoms with Crippen molar-refractivity contribution in [1.82, 2.24) is 14.5 Å². The standard InChI is InChI=1S/C24H35N3O3S/c1-6-27(7-2)22(16-20-12-9-8-10-13-20)18-25-24(28)21-14-11-15-23(17-21)31(29,30)26(5)19(3)4/h8-15,17,19,22H,6-7,16,18H2,1-5H3,(H,25,28). The lowest BCUT2D eigenvalue weighted by Crippen LogP contribution is -2.45. The number of amides is 1. The van der Waals surface area contributed by atoms with Crippen molar-refractivity contribution in [2.75, 3.05) is 26.7 Å². The van der Waals surface area contributed by atoms with Crippen molar-refractivity contribution in [1.29, 1.82) is 0 Å². The minimum absolute atomic E-state index is 0.126. The molecule has 0 aliphatic carbocycles. The summed E-state index contributed by atoms with van der Waals surface area (Å²) in [6.45, 7) is 10.1. The van der Waals surface area contributed by atoms with Gasteiger partial charge in [-0.15, -0.1) is 0 Å². The topological polar surface area (TPSA) is 69.7 Å². The van der Waals surface area contributed by atoms with Crippen LogP contribution in [-0.4, -0.2) is 62.3 Å². The molecule has 2 aromatic rings. The first-order valence-corrected chi connectivity index (χ1v) is 12.3. The summed E-state index contributed by atoms with van der Waals surface area (Å²) in [6, 6.07) is 16.4. The summed E-state index contributed by atoms with van der Waals surface area (Å²) in [5.41, 5.74) is 1.56. The highest BCUT2D eigenvalue weighted by Crippen LogP contribution is 2.18. The first-order valence-electron chi connectivity index (χ1n) is 10.8. The molecule has 0 fully saturated rings. The molecule has 0 aliphatic rings. The summed E-state index contributed by atoms with van der Waals surface area (Å²) in [6.07, 6.45) is 0.830. The van der Waals surface area contributed by atoms with Gasteiger partial charge in [0.15, 0.2) is 0 Å². The molecule has 1 unspecified atom stereocenters. The summed E-state index contributed by atoms with van der Waals surface area (Å²) in [5.74, 6) is -0.269. The maximum atomic E-state index is 12.8. The van der Waals surface area contributed by atoms with Crippen molar-refractivity contribution in [3.63, 3.8) is 0 Å². The van der Waals surface area contributed by atoms with Gasteiger partial charge in [0.05, 0.1) is 4.90 Å². The van der Waals surface area contributed by atoms with Crippen molar-refractivity contribution in [2.45, 2.75) is 51.1 Å². The molecule has 1 N–H and O–H groups in total. The van der Waals surface area contributed by atoms with E-state index in [4.69, 9.17) is 0 Å². The van der Waals surface area contributed by atoms with Gasteiger partial charge >= 0.3 is 0 Å². The Morgan fingerprint density at radius 3 is 2.23 bits per heavy atom. The van der Waals surface area contributed by atoms with Gasteiger partial charge in [-0.05, 0) is 57.1 Å². The largest absolute Gasteiger partial charge is 0.350 e. The lowest BCUT2D eigenvalue weighted by molar-refractivity contribution is 0.0934. The van der Waals surface area contributed by atoms with Crippen molar-refractivity contribution in [2.24, 2.45) is 0 Å². The van der Waals surface area contributed by atoms with Crippen LogP contribution in [-0.2, 0) is 16.4 Å². The molecule has 0 bridgehead atoms. The van der Waals surface area contributed by atoms with E-state index in [1.165, 1.54) is 22.0 Å². The Balaban J connectivity index is 2.15. The third-order valence-corrected chi connectivity index (χ3v) is 7.67. The van der Waals surface area contributed by atoms with E-state index >= 15 is 0 Å². The van der Waals surface area contributed by atoms with Crippen LogP contribution in [0, 0.1) is 0 Å². The van der Waals surface area contributed by atoms with E-state index < -0.39 is 10.0 Å². The Labute approximate surface area is 187 Å². The Bertz CT molecular complexity index is 942. The highest BCUT2D eigenvalue weighted by atomic mass is 32.2. The average Bonchev–Trinajstić information content (AvgIpc) is 2.78. The van der Waals surface area contributed by atoms with Crippen molar-refractivity contribution in [3.8, 4) is 0 Å². The zero-order valence-corrected chi connectivity index (χ0v) is 20.0. The van der Waals surface area contributed by atoms with Gasteiger partial charge < -0.3 is 5.32 Å². The van der Waals surface area contributed by atoms with Crippen molar-refractivity contribution in [3.05, 3.63) is 65.7 Å². The summed E-state index contributed by atoms with van der Waals surface area (Å²) in [7, 11) is -2.10. The zero-order chi connectivity index (χ0) is 23.0. The molecule has 0 radical (unpaired) electrons. The monoisotopic (exact) mass is 445 g/mol. The molecule has 6 nitrogen and oxygen atoms in total. The summed E-state index contributed by atoms with van der Waals surface area (Å²) in [4.78, 5) is 15.3. The fourth-order valence-corrected chi connectivity index (χ4v) is 4.92. The molecule has 0 spiro atoms. The van der Waals surface area contributed by atoms with Gasteiger partial charge in [0, 0.05) is 31.2 Å². The number of carbonyl (C=O) groups excluding carboxylic acids is 1. The van der Waals surface area contributed by atoms with Crippen LogP contribution in [0.2, 0.25) is 0 Å². The van der Waals surface area contributed by atoms with Gasteiger partial charge in [0.2, 0.25) is 10.0 Å². The molecular weight excluding hydrogens is 410 g/mol. The number of sulfonamides is 1. The second-order valence-electron chi connectivity index (χ2n) is 7.92. The minimum atomic E-state index is -3.64. The van der Waals surface area contributed by atoms with E-state index in [0.717, 1.165) is 19.5 Å². The number of hydrogen-bond acceptors (Lipinski definition) is 4. The van der Waals surface area contributed by atoms with Gasteiger partial charge in [-0.1, -0.05) is 50.2 Å². The van der Waals surface area contributed by atoms with Gasteiger partial charge in [-0.25, -0.2) is 8.42 Å². The molecule has 1 amide bonds. The van der Waals surface area contributed by atoms with Gasteiger partial charge in [-0.3, -0.25) is 9.69 Å². The smallest absolute Gasteiger partial charge is 0.251 e. The molecule has 170 valence electrons. The molecule has 0 aromatic heterocycles. The quantitative estimate of drug-likeness (QED) is 0.576. The number of likely N-dealkylation sites (N-methyl/N-ethyl adjacent to an activating group) is 1. The predicted molar refractivity (Wildman–Crippen MR) is 126 cm³/mol. The highest BCUT2D eigenvalue weighted by Gasteiger charge is 2.24. The van der Waals surface area contributed by atoms with Crippen LogP contribution in [0.3, 0.4) is 0 Å². The second kappa shape index (κ2) is 11.4. The maximum Gasteiger partial charge on any atom is 0.251 e. The highest BCUT2D eigenvalue weighted by molar-refractivity contribution is 7.89. The number of nitrogens with one attached hydrogen (secondary N) is 1. The molecular formula is C24H35N3O3S. The van der Waals surface area contributed by atoms with Gasteiger partial charge in [0.1, 0.15) is 0 Å². The van der Waals surface area contributed by atoms with E-state index in [0.29, 0.717) is 12.1 Å². The van der Waals surface area contributed by atoms with Crippen LogP contribution < -0.4 is 5.32 Å². The lowest BCUT2D eigenvalue weighted by Gasteiger charge is -2.30. The zero-order valence-electron chi connectivity index (χ0n) is 19.2. The number of hydrogen-bond donors (Lipinski definition) is 1. The van der Waals surface area contributed by atoms with Crippen LogP contribution in [0.1, 0.15) is 43.6 Å². The first kappa shape index (κ1) is 25.0. The number of rotatable bonds is 11.